The first-order valence-corrected chi connectivity index (χ1v) is 7.63. The number of terminal acetylenes is 1. The van der Waals surface area contributed by atoms with Crippen LogP contribution in [-0.2, 0) is 0 Å². The van der Waals surface area contributed by atoms with Crippen LogP contribution in [0.15, 0.2) is 36.4 Å². The van der Waals surface area contributed by atoms with Gasteiger partial charge in [-0.05, 0) is 42.3 Å². The molecule has 0 heterocycles. The minimum Gasteiger partial charge on any atom is -0.481 e. The van der Waals surface area contributed by atoms with E-state index in [1.54, 1.807) is 12.1 Å². The van der Waals surface area contributed by atoms with Crippen LogP contribution in [0.5, 0.6) is 5.75 Å². The smallest absolute Gasteiger partial charge is 0.194 e. The fourth-order valence-electron chi connectivity index (χ4n) is 2.41. The fraction of sp³-hybridized carbons (Fsp3) is 0.263. The third-order valence-electron chi connectivity index (χ3n) is 3.74. The zero-order valence-electron chi connectivity index (χ0n) is 13.6. The van der Waals surface area contributed by atoms with Crippen molar-refractivity contribution in [1.82, 2.24) is 5.32 Å². The molecule has 0 aliphatic heterocycles. The molecule has 3 nitrogen and oxygen atoms in total. The maximum atomic E-state index is 13.4. The van der Waals surface area contributed by atoms with Crippen LogP contribution in [0.4, 0.5) is 13.2 Å². The molecular formula is C19H18F3NO2. The second-order valence-corrected chi connectivity index (χ2v) is 5.48. The quantitative estimate of drug-likeness (QED) is 0.594. The summed E-state index contributed by atoms with van der Waals surface area (Å²) in [5.74, 6) is -1.13. The Hall–Kier alpha value is -2.49. The average Bonchev–Trinajstić information content (AvgIpc) is 2.62. The van der Waals surface area contributed by atoms with Gasteiger partial charge in [0.05, 0.1) is 12.6 Å². The molecule has 0 aliphatic carbocycles. The van der Waals surface area contributed by atoms with Crippen molar-refractivity contribution in [1.29, 1.82) is 0 Å². The second kappa shape index (κ2) is 8.56. The average molecular weight is 349 g/mol. The van der Waals surface area contributed by atoms with Crippen LogP contribution in [0.3, 0.4) is 0 Å². The molecular weight excluding hydrogens is 331 g/mol. The first-order valence-electron chi connectivity index (χ1n) is 7.63. The van der Waals surface area contributed by atoms with Crippen LogP contribution < -0.4 is 10.1 Å². The van der Waals surface area contributed by atoms with Crippen molar-refractivity contribution >= 4 is 0 Å². The predicted octanol–water partition coefficient (Wildman–Crippen LogP) is 3.50. The maximum Gasteiger partial charge on any atom is 0.194 e. The van der Waals surface area contributed by atoms with E-state index in [4.69, 9.17) is 11.2 Å². The lowest BCUT2D eigenvalue weighted by Crippen LogP contribution is -2.27. The third kappa shape index (κ3) is 4.75. The Labute approximate surface area is 144 Å². The molecule has 2 aromatic rings. The van der Waals surface area contributed by atoms with Crippen LogP contribution in [0.1, 0.15) is 30.1 Å². The summed E-state index contributed by atoms with van der Waals surface area (Å²) >= 11 is 0. The van der Waals surface area contributed by atoms with Gasteiger partial charge in [0, 0.05) is 6.04 Å². The van der Waals surface area contributed by atoms with Gasteiger partial charge in [0.1, 0.15) is 12.4 Å². The van der Waals surface area contributed by atoms with Crippen LogP contribution in [-0.4, -0.2) is 18.3 Å². The summed E-state index contributed by atoms with van der Waals surface area (Å²) < 4.78 is 45.1. The molecule has 2 atom stereocenters. The van der Waals surface area contributed by atoms with Crippen LogP contribution in [0, 0.1) is 29.8 Å². The van der Waals surface area contributed by atoms with E-state index < -0.39 is 30.1 Å². The Kier molecular flexibility index (Phi) is 6.45. The SMILES string of the molecule is C#CCOc1ccc(C(C)NC(CO)c2cc(F)c(F)c(F)c2)cc1. The largest absolute Gasteiger partial charge is 0.481 e. The van der Waals surface area contributed by atoms with Gasteiger partial charge in [0.25, 0.3) is 0 Å². The van der Waals surface area contributed by atoms with Crippen molar-refractivity contribution in [2.45, 2.75) is 19.0 Å². The van der Waals surface area contributed by atoms with Crippen molar-refractivity contribution in [3.05, 3.63) is 65.0 Å². The fourth-order valence-corrected chi connectivity index (χ4v) is 2.41. The second-order valence-electron chi connectivity index (χ2n) is 5.48. The van der Waals surface area contributed by atoms with Crippen LogP contribution in [0.2, 0.25) is 0 Å². The van der Waals surface area contributed by atoms with E-state index in [0.717, 1.165) is 17.7 Å². The molecule has 2 rings (SSSR count). The van der Waals surface area contributed by atoms with Gasteiger partial charge in [0.2, 0.25) is 0 Å². The molecule has 6 heteroatoms. The van der Waals surface area contributed by atoms with Crippen molar-refractivity contribution < 1.29 is 23.0 Å². The van der Waals surface area contributed by atoms with Gasteiger partial charge in [0.15, 0.2) is 17.5 Å². The first kappa shape index (κ1) is 18.8. The summed E-state index contributed by atoms with van der Waals surface area (Å²) in [6.07, 6.45) is 5.12. The molecule has 2 N–H and O–H groups in total. The zero-order chi connectivity index (χ0) is 18.4. The lowest BCUT2D eigenvalue weighted by Gasteiger charge is -2.23. The standard InChI is InChI=1S/C19H18F3NO2/c1-3-8-25-15-6-4-13(5-7-15)12(2)23-18(11-24)14-9-16(20)19(22)17(21)10-14/h1,4-7,9-10,12,18,23-24H,8,11H2,2H3. The van der Waals surface area contributed by atoms with E-state index in [2.05, 4.69) is 11.2 Å². The molecule has 0 bridgehead atoms. The van der Waals surface area contributed by atoms with Crippen LogP contribution in [0.25, 0.3) is 0 Å². The summed E-state index contributed by atoms with van der Waals surface area (Å²) in [5.41, 5.74) is 0.995. The van der Waals surface area contributed by atoms with E-state index in [0.29, 0.717) is 5.75 Å². The lowest BCUT2D eigenvalue weighted by molar-refractivity contribution is 0.234. The van der Waals surface area contributed by atoms with Gasteiger partial charge < -0.3 is 15.2 Å². The Morgan fingerprint density at radius 3 is 2.24 bits per heavy atom. The minimum atomic E-state index is -1.53. The molecule has 0 aromatic heterocycles. The van der Waals surface area contributed by atoms with Crippen LogP contribution >= 0.6 is 0 Å². The molecule has 0 saturated carbocycles. The van der Waals surface area contributed by atoms with Gasteiger partial charge in [-0.2, -0.15) is 0 Å². The monoisotopic (exact) mass is 349 g/mol. The highest BCUT2D eigenvalue weighted by molar-refractivity contribution is 5.30. The molecule has 0 spiro atoms. The zero-order valence-corrected chi connectivity index (χ0v) is 13.6. The minimum absolute atomic E-state index is 0.125. The summed E-state index contributed by atoms with van der Waals surface area (Å²) in [5, 5.41) is 12.6. The predicted molar refractivity (Wildman–Crippen MR) is 88.5 cm³/mol. The van der Waals surface area contributed by atoms with Gasteiger partial charge in [-0.1, -0.05) is 18.1 Å². The van der Waals surface area contributed by atoms with E-state index in [-0.39, 0.29) is 18.2 Å². The molecule has 0 radical (unpaired) electrons. The number of benzene rings is 2. The van der Waals surface area contributed by atoms with Gasteiger partial charge in [-0.25, -0.2) is 13.2 Å². The first-order chi connectivity index (χ1) is 12.0. The Bertz CT molecular complexity index is 733. The maximum absolute atomic E-state index is 13.4. The van der Waals surface area contributed by atoms with E-state index >= 15 is 0 Å². The summed E-state index contributed by atoms with van der Waals surface area (Å²) in [6.45, 7) is 1.59. The number of rotatable bonds is 7. The molecule has 2 unspecified atom stereocenters. The van der Waals surface area contributed by atoms with E-state index in [1.165, 1.54) is 0 Å². The summed E-state index contributed by atoms with van der Waals surface area (Å²) in [7, 11) is 0. The van der Waals surface area contributed by atoms with E-state index in [1.807, 2.05) is 19.1 Å². The lowest BCUT2D eigenvalue weighted by atomic mass is 10.0. The highest BCUT2D eigenvalue weighted by Crippen LogP contribution is 2.24. The summed E-state index contributed by atoms with van der Waals surface area (Å²) in [6, 6.07) is 7.86. The number of halogens is 3. The molecule has 2 aromatic carbocycles. The number of ether oxygens (including phenoxy) is 1. The number of hydrogen-bond acceptors (Lipinski definition) is 3. The van der Waals surface area contributed by atoms with Crippen molar-refractivity contribution in [2.24, 2.45) is 0 Å². The number of aliphatic hydroxyl groups is 1. The Balaban J connectivity index is 2.12. The van der Waals surface area contributed by atoms with Crippen molar-refractivity contribution in [3.8, 4) is 18.1 Å². The number of hydrogen-bond donors (Lipinski definition) is 2. The molecule has 0 saturated heterocycles. The molecule has 0 fully saturated rings. The van der Waals surface area contributed by atoms with Crippen molar-refractivity contribution in [3.63, 3.8) is 0 Å². The molecule has 0 aliphatic rings. The van der Waals surface area contributed by atoms with Gasteiger partial charge >= 0.3 is 0 Å². The molecule has 25 heavy (non-hydrogen) atoms. The normalized spacial score (nSPS) is 13.1. The molecule has 132 valence electrons. The topological polar surface area (TPSA) is 41.5 Å². The number of aliphatic hydroxyl groups excluding tert-OH is 1. The highest BCUT2D eigenvalue weighted by atomic mass is 19.2. The molecule has 0 amide bonds. The Morgan fingerprint density at radius 1 is 1.12 bits per heavy atom. The third-order valence-corrected chi connectivity index (χ3v) is 3.74. The number of nitrogens with one attached hydrogen (secondary N) is 1. The van der Waals surface area contributed by atoms with E-state index in [9.17, 15) is 18.3 Å². The summed E-state index contributed by atoms with van der Waals surface area (Å²) in [4.78, 5) is 0. The van der Waals surface area contributed by atoms with Crippen molar-refractivity contribution in [2.75, 3.05) is 13.2 Å². The van der Waals surface area contributed by atoms with Gasteiger partial charge in [-0.3, -0.25) is 0 Å². The highest BCUT2D eigenvalue weighted by Gasteiger charge is 2.19. The Morgan fingerprint density at radius 2 is 1.72 bits per heavy atom. The van der Waals surface area contributed by atoms with Gasteiger partial charge in [-0.15, -0.1) is 6.42 Å².